The van der Waals surface area contributed by atoms with Crippen molar-refractivity contribution in [1.82, 2.24) is 9.88 Å². The molecule has 1 aliphatic heterocycles. The second kappa shape index (κ2) is 9.11. The van der Waals surface area contributed by atoms with E-state index in [1.807, 2.05) is 25.1 Å². The van der Waals surface area contributed by atoms with Crippen LogP contribution >= 0.6 is 0 Å². The van der Waals surface area contributed by atoms with Gasteiger partial charge < -0.3 is 24.5 Å². The molecule has 2 aromatic carbocycles. The molecule has 4 rings (SSSR count). The lowest BCUT2D eigenvalue weighted by Crippen LogP contribution is -2.40. The molecule has 0 spiro atoms. The number of nitrogens with one attached hydrogen (secondary N) is 1. The first-order valence-corrected chi connectivity index (χ1v) is 10.8. The highest BCUT2D eigenvalue weighted by Gasteiger charge is 2.24. The Labute approximate surface area is 178 Å². The van der Waals surface area contributed by atoms with Crippen molar-refractivity contribution in [2.75, 3.05) is 33.4 Å². The Kier molecular flexibility index (Phi) is 6.30. The smallest absolute Gasteiger partial charge is 0.122 e. The standard InChI is InChI=1S/C25H32N2O3/c1-17-4-7-25(18(2)12-17)30-16-20(28)15-27-10-8-19(9-11-27)23-14-26-24-6-5-21(29-3)13-22(23)24/h4-7,12-14,19-20,26,28H,8-11,15-16H2,1-3H3. The second-order valence-electron chi connectivity index (χ2n) is 8.46. The molecule has 1 aliphatic rings. The van der Waals surface area contributed by atoms with Gasteiger partial charge in [0, 0.05) is 23.6 Å². The first-order chi connectivity index (χ1) is 14.5. The van der Waals surface area contributed by atoms with Gasteiger partial charge in [-0.2, -0.15) is 0 Å². The molecule has 30 heavy (non-hydrogen) atoms. The minimum Gasteiger partial charge on any atom is -0.497 e. The van der Waals surface area contributed by atoms with Gasteiger partial charge in [-0.15, -0.1) is 0 Å². The summed E-state index contributed by atoms with van der Waals surface area (Å²) in [5, 5.41) is 11.7. The van der Waals surface area contributed by atoms with Crippen LogP contribution < -0.4 is 9.47 Å². The molecule has 0 radical (unpaired) electrons. The fourth-order valence-electron chi connectivity index (χ4n) is 4.51. The minimum atomic E-state index is -0.486. The van der Waals surface area contributed by atoms with Gasteiger partial charge in [0.2, 0.25) is 0 Å². The molecule has 160 valence electrons. The van der Waals surface area contributed by atoms with E-state index in [4.69, 9.17) is 9.47 Å². The van der Waals surface area contributed by atoms with Gasteiger partial charge in [-0.1, -0.05) is 17.7 Å². The molecule has 0 bridgehead atoms. The quantitative estimate of drug-likeness (QED) is 0.608. The number of fused-ring (bicyclic) bond motifs is 1. The Hall–Kier alpha value is -2.50. The first kappa shape index (κ1) is 20.8. The summed E-state index contributed by atoms with van der Waals surface area (Å²) in [4.78, 5) is 5.74. The van der Waals surface area contributed by atoms with Crippen LogP contribution in [0, 0.1) is 13.8 Å². The van der Waals surface area contributed by atoms with Crippen LogP contribution in [0.15, 0.2) is 42.6 Å². The highest BCUT2D eigenvalue weighted by molar-refractivity contribution is 5.85. The van der Waals surface area contributed by atoms with Gasteiger partial charge in [0.1, 0.15) is 24.2 Å². The average Bonchev–Trinajstić information content (AvgIpc) is 3.17. The van der Waals surface area contributed by atoms with E-state index in [0.29, 0.717) is 19.1 Å². The Morgan fingerprint density at radius 3 is 2.67 bits per heavy atom. The van der Waals surface area contributed by atoms with Crippen LogP contribution in [0.4, 0.5) is 0 Å². The lowest BCUT2D eigenvalue weighted by Gasteiger charge is -2.33. The number of β-amino-alcohol motifs (C(OH)–C–C–N with tert-alkyl or cyclic N) is 1. The topological polar surface area (TPSA) is 57.7 Å². The number of aliphatic hydroxyl groups excluding tert-OH is 1. The second-order valence-corrected chi connectivity index (χ2v) is 8.46. The van der Waals surface area contributed by atoms with E-state index in [2.05, 4.69) is 41.2 Å². The number of aromatic nitrogens is 1. The van der Waals surface area contributed by atoms with Crippen molar-refractivity contribution in [1.29, 1.82) is 0 Å². The minimum absolute atomic E-state index is 0.325. The number of hydrogen-bond donors (Lipinski definition) is 2. The molecule has 1 atom stereocenters. The normalized spacial score (nSPS) is 16.7. The van der Waals surface area contributed by atoms with Crippen molar-refractivity contribution < 1.29 is 14.6 Å². The van der Waals surface area contributed by atoms with Crippen molar-refractivity contribution in [3.63, 3.8) is 0 Å². The number of nitrogens with zero attached hydrogens (tertiary/aromatic N) is 1. The lowest BCUT2D eigenvalue weighted by molar-refractivity contribution is 0.0593. The fourth-order valence-corrected chi connectivity index (χ4v) is 4.51. The number of aliphatic hydroxyl groups is 1. The fraction of sp³-hybridized carbons (Fsp3) is 0.440. The van der Waals surface area contributed by atoms with Crippen molar-refractivity contribution >= 4 is 10.9 Å². The number of benzene rings is 2. The van der Waals surface area contributed by atoms with Crippen LogP contribution in [0.3, 0.4) is 0 Å². The number of aryl methyl sites for hydroxylation is 2. The van der Waals surface area contributed by atoms with Crippen molar-refractivity contribution in [2.24, 2.45) is 0 Å². The number of piperidine rings is 1. The molecule has 0 saturated carbocycles. The van der Waals surface area contributed by atoms with Gasteiger partial charge in [-0.3, -0.25) is 0 Å². The van der Waals surface area contributed by atoms with Crippen LogP contribution in [0.25, 0.3) is 10.9 Å². The molecule has 5 heteroatoms. The van der Waals surface area contributed by atoms with Crippen LogP contribution in [-0.2, 0) is 0 Å². The van der Waals surface area contributed by atoms with Gasteiger partial charge in [0.15, 0.2) is 0 Å². The van der Waals surface area contributed by atoms with E-state index in [1.165, 1.54) is 16.5 Å². The van der Waals surface area contributed by atoms with Crippen LogP contribution in [0.5, 0.6) is 11.5 Å². The first-order valence-electron chi connectivity index (χ1n) is 10.8. The van der Waals surface area contributed by atoms with Crippen molar-refractivity contribution in [3.05, 3.63) is 59.3 Å². The third-order valence-electron chi connectivity index (χ3n) is 6.18. The highest BCUT2D eigenvalue weighted by atomic mass is 16.5. The van der Waals surface area contributed by atoms with Crippen LogP contribution in [0.2, 0.25) is 0 Å². The summed E-state index contributed by atoms with van der Waals surface area (Å²) in [5.41, 5.74) is 4.87. The average molecular weight is 409 g/mol. The summed E-state index contributed by atoms with van der Waals surface area (Å²) in [6.45, 7) is 7.07. The number of aromatic amines is 1. The Morgan fingerprint density at radius 2 is 1.93 bits per heavy atom. The third-order valence-corrected chi connectivity index (χ3v) is 6.18. The van der Waals surface area contributed by atoms with E-state index in [1.54, 1.807) is 7.11 Å². The van der Waals surface area contributed by atoms with Gasteiger partial charge in [0.05, 0.1) is 7.11 Å². The molecule has 1 fully saturated rings. The number of likely N-dealkylation sites (tertiary alicyclic amines) is 1. The van der Waals surface area contributed by atoms with E-state index in [0.717, 1.165) is 48.5 Å². The molecule has 2 heterocycles. The molecule has 1 saturated heterocycles. The molecular formula is C25H32N2O3. The maximum absolute atomic E-state index is 10.5. The molecule has 2 N–H and O–H groups in total. The summed E-state index contributed by atoms with van der Waals surface area (Å²) in [6.07, 6.45) is 3.85. The molecule has 3 aromatic rings. The summed E-state index contributed by atoms with van der Waals surface area (Å²) in [7, 11) is 1.71. The third kappa shape index (κ3) is 4.63. The largest absolute Gasteiger partial charge is 0.497 e. The van der Waals surface area contributed by atoms with E-state index < -0.39 is 6.10 Å². The van der Waals surface area contributed by atoms with Gasteiger partial charge in [-0.05, 0) is 81.1 Å². The highest BCUT2D eigenvalue weighted by Crippen LogP contribution is 2.34. The molecule has 5 nitrogen and oxygen atoms in total. The van der Waals surface area contributed by atoms with Crippen molar-refractivity contribution in [3.8, 4) is 11.5 Å². The maximum atomic E-state index is 10.5. The number of hydrogen-bond acceptors (Lipinski definition) is 4. The van der Waals surface area contributed by atoms with Crippen LogP contribution in [0.1, 0.15) is 35.4 Å². The molecular weight excluding hydrogens is 376 g/mol. The maximum Gasteiger partial charge on any atom is 0.122 e. The van der Waals surface area contributed by atoms with Gasteiger partial charge in [-0.25, -0.2) is 0 Å². The SMILES string of the molecule is COc1ccc2[nH]cc(C3CCN(CC(O)COc4ccc(C)cc4C)CC3)c2c1. The number of methoxy groups -OCH3 is 1. The van der Waals surface area contributed by atoms with E-state index >= 15 is 0 Å². The van der Waals surface area contributed by atoms with E-state index in [-0.39, 0.29) is 0 Å². The number of ether oxygens (including phenoxy) is 2. The summed E-state index contributed by atoms with van der Waals surface area (Å²) in [6, 6.07) is 12.3. The van der Waals surface area contributed by atoms with Gasteiger partial charge in [0.25, 0.3) is 0 Å². The predicted octanol–water partition coefficient (Wildman–Crippen LogP) is 4.41. The predicted molar refractivity (Wildman–Crippen MR) is 121 cm³/mol. The van der Waals surface area contributed by atoms with Gasteiger partial charge >= 0.3 is 0 Å². The monoisotopic (exact) mass is 408 g/mol. The molecule has 0 aliphatic carbocycles. The number of rotatable bonds is 7. The molecule has 1 aromatic heterocycles. The zero-order valence-electron chi connectivity index (χ0n) is 18.1. The Bertz CT molecular complexity index is 989. The Morgan fingerprint density at radius 1 is 1.13 bits per heavy atom. The zero-order chi connectivity index (χ0) is 21.1. The van der Waals surface area contributed by atoms with Crippen LogP contribution in [-0.4, -0.2) is 54.4 Å². The summed E-state index contributed by atoms with van der Waals surface area (Å²) < 4.78 is 11.3. The van der Waals surface area contributed by atoms with E-state index in [9.17, 15) is 5.11 Å². The Balaban J connectivity index is 1.29. The summed E-state index contributed by atoms with van der Waals surface area (Å²) >= 11 is 0. The molecule has 1 unspecified atom stereocenters. The number of H-pyrrole nitrogens is 1. The summed E-state index contributed by atoms with van der Waals surface area (Å²) in [5.74, 6) is 2.28. The lowest BCUT2D eigenvalue weighted by atomic mass is 9.89. The molecule has 0 amide bonds. The van der Waals surface area contributed by atoms with Crippen molar-refractivity contribution in [2.45, 2.75) is 38.7 Å². The zero-order valence-corrected chi connectivity index (χ0v) is 18.1.